The second kappa shape index (κ2) is 10.4. The van der Waals surface area contributed by atoms with Gasteiger partial charge in [-0.1, -0.05) is 50.3 Å². The van der Waals surface area contributed by atoms with Crippen molar-refractivity contribution in [3.63, 3.8) is 0 Å². The molecule has 34 heavy (non-hydrogen) atoms. The Morgan fingerprint density at radius 2 is 1.97 bits per heavy atom. The molecule has 0 bridgehead atoms. The van der Waals surface area contributed by atoms with Gasteiger partial charge in [-0.2, -0.15) is 0 Å². The van der Waals surface area contributed by atoms with E-state index in [1.807, 2.05) is 31.7 Å². The van der Waals surface area contributed by atoms with Crippen molar-refractivity contribution in [2.75, 3.05) is 5.75 Å². The summed E-state index contributed by atoms with van der Waals surface area (Å²) in [6.45, 7) is 12.9. The van der Waals surface area contributed by atoms with Gasteiger partial charge in [0.15, 0.2) is 0 Å². The maximum absolute atomic E-state index is 10.4. The van der Waals surface area contributed by atoms with Crippen molar-refractivity contribution in [2.45, 2.75) is 95.7 Å². The molecule has 3 aliphatic carbocycles. The standard InChI is InChI=1S/C31H44O2S/c1-21(20-34-26-12-7-11-25(19-26)30(3,4)33)27-16-17-28-24(10-8-18-31(27,28)5)15-14-23-9-6-13-29(32)22(23)2/h7,11-12,14-15,19,21,27-29,32-33H,2,6,8-10,13,16-18,20H2,1,3-5H3/b23-14-,24-15+/t21-,27+,28?,29?,31+/m0/s1. The van der Waals surface area contributed by atoms with Gasteiger partial charge in [0.05, 0.1) is 11.7 Å². The van der Waals surface area contributed by atoms with Crippen molar-refractivity contribution in [3.8, 4) is 0 Å². The summed E-state index contributed by atoms with van der Waals surface area (Å²) in [6.07, 6.45) is 13.8. The highest BCUT2D eigenvalue weighted by atomic mass is 32.2. The molecule has 2 N–H and O–H groups in total. The van der Waals surface area contributed by atoms with Gasteiger partial charge in [0.1, 0.15) is 0 Å². The Hall–Kier alpha value is -1.29. The van der Waals surface area contributed by atoms with Gasteiger partial charge < -0.3 is 10.2 Å². The molecule has 0 aliphatic heterocycles. The number of allylic oxidation sites excluding steroid dienone is 3. The van der Waals surface area contributed by atoms with E-state index in [-0.39, 0.29) is 6.10 Å². The van der Waals surface area contributed by atoms with Crippen LogP contribution in [0.25, 0.3) is 0 Å². The third-order valence-electron chi connectivity index (χ3n) is 9.02. The molecule has 0 radical (unpaired) electrons. The minimum absolute atomic E-state index is 0.353. The summed E-state index contributed by atoms with van der Waals surface area (Å²) < 4.78 is 0. The lowest BCUT2D eigenvalue weighted by molar-refractivity contribution is 0.0784. The number of benzene rings is 1. The topological polar surface area (TPSA) is 40.5 Å². The van der Waals surface area contributed by atoms with Crippen LogP contribution < -0.4 is 0 Å². The van der Waals surface area contributed by atoms with Crippen molar-refractivity contribution < 1.29 is 10.2 Å². The lowest BCUT2D eigenvalue weighted by Gasteiger charge is -2.44. The fourth-order valence-electron chi connectivity index (χ4n) is 6.96. The first-order valence-electron chi connectivity index (χ1n) is 13.3. The molecule has 2 nitrogen and oxygen atoms in total. The zero-order chi connectivity index (χ0) is 24.5. The third kappa shape index (κ3) is 5.42. The highest BCUT2D eigenvalue weighted by molar-refractivity contribution is 7.99. The van der Waals surface area contributed by atoms with Crippen molar-refractivity contribution in [3.05, 3.63) is 65.3 Å². The molecule has 3 saturated carbocycles. The molecular formula is C31H44O2S. The van der Waals surface area contributed by atoms with Crippen LogP contribution in [0.15, 0.2) is 64.6 Å². The highest BCUT2D eigenvalue weighted by Crippen LogP contribution is 2.59. The van der Waals surface area contributed by atoms with Gasteiger partial charge in [0.25, 0.3) is 0 Å². The Labute approximate surface area is 211 Å². The van der Waals surface area contributed by atoms with E-state index in [4.69, 9.17) is 0 Å². The van der Waals surface area contributed by atoms with Crippen molar-refractivity contribution >= 4 is 11.8 Å². The van der Waals surface area contributed by atoms with Crippen LogP contribution in [-0.4, -0.2) is 22.1 Å². The number of rotatable bonds is 6. The predicted molar refractivity (Wildman–Crippen MR) is 145 cm³/mol. The lowest BCUT2D eigenvalue weighted by atomic mass is 9.61. The van der Waals surface area contributed by atoms with Crippen LogP contribution in [-0.2, 0) is 5.60 Å². The van der Waals surface area contributed by atoms with E-state index < -0.39 is 5.60 Å². The molecule has 0 heterocycles. The Kier molecular flexibility index (Phi) is 7.86. The monoisotopic (exact) mass is 480 g/mol. The molecule has 186 valence electrons. The molecule has 4 rings (SSSR count). The minimum Gasteiger partial charge on any atom is -0.388 e. The number of hydrogen-bond donors (Lipinski definition) is 2. The highest BCUT2D eigenvalue weighted by Gasteiger charge is 2.50. The zero-order valence-corrected chi connectivity index (χ0v) is 22.5. The maximum atomic E-state index is 10.4. The molecule has 3 heteroatoms. The summed E-state index contributed by atoms with van der Waals surface area (Å²) in [5.41, 5.74) is 4.41. The molecule has 0 saturated heterocycles. The number of hydrogen-bond acceptors (Lipinski definition) is 3. The van der Waals surface area contributed by atoms with Crippen LogP contribution in [0.5, 0.6) is 0 Å². The second-order valence-electron chi connectivity index (χ2n) is 11.8. The smallest absolute Gasteiger partial charge is 0.0840 e. The minimum atomic E-state index is -0.795. The first-order valence-corrected chi connectivity index (χ1v) is 14.3. The van der Waals surface area contributed by atoms with E-state index in [1.165, 1.54) is 42.6 Å². The van der Waals surface area contributed by atoms with Crippen LogP contribution in [0, 0.1) is 23.2 Å². The summed E-state index contributed by atoms with van der Waals surface area (Å²) in [5.74, 6) is 3.24. The van der Waals surface area contributed by atoms with Gasteiger partial charge >= 0.3 is 0 Å². The van der Waals surface area contributed by atoms with Crippen molar-refractivity contribution in [1.29, 1.82) is 0 Å². The summed E-state index contributed by atoms with van der Waals surface area (Å²) in [5, 5.41) is 20.6. The average Bonchev–Trinajstić information content (AvgIpc) is 3.16. The molecule has 5 atom stereocenters. The zero-order valence-electron chi connectivity index (χ0n) is 21.6. The van der Waals surface area contributed by atoms with Crippen LogP contribution in [0.1, 0.15) is 84.6 Å². The fourth-order valence-corrected chi connectivity index (χ4v) is 8.03. The summed E-state index contributed by atoms with van der Waals surface area (Å²) in [7, 11) is 0. The van der Waals surface area contributed by atoms with Gasteiger partial charge in [-0.3, -0.25) is 0 Å². The molecule has 0 aromatic heterocycles. The molecule has 0 amide bonds. The SMILES string of the molecule is C=C1/C(=C\C=C2/CCC[C@@]3(C)C2CC[C@@H]3[C@@H](C)CSc2cccc(C(C)(C)O)c2)CCCC1O. The molecule has 3 aliphatic rings. The molecule has 1 aromatic carbocycles. The van der Waals surface area contributed by atoms with Gasteiger partial charge in [-0.05, 0) is 117 Å². The molecule has 1 aromatic rings. The second-order valence-corrected chi connectivity index (χ2v) is 12.9. The van der Waals surface area contributed by atoms with Crippen molar-refractivity contribution in [1.82, 2.24) is 0 Å². The van der Waals surface area contributed by atoms with Crippen LogP contribution in [0.2, 0.25) is 0 Å². The maximum Gasteiger partial charge on any atom is 0.0840 e. The molecule has 3 fully saturated rings. The van der Waals surface area contributed by atoms with Gasteiger partial charge in [0.2, 0.25) is 0 Å². The quantitative estimate of drug-likeness (QED) is 0.408. The largest absolute Gasteiger partial charge is 0.388 e. The van der Waals surface area contributed by atoms with E-state index >= 15 is 0 Å². The first kappa shape index (κ1) is 25.8. The van der Waals surface area contributed by atoms with Crippen LogP contribution in [0.4, 0.5) is 0 Å². The van der Waals surface area contributed by atoms with E-state index in [2.05, 4.69) is 50.8 Å². The first-order chi connectivity index (χ1) is 16.1. The van der Waals surface area contributed by atoms with E-state index in [0.717, 1.165) is 42.1 Å². The number of aliphatic hydroxyl groups excluding tert-OH is 1. The molecule has 0 spiro atoms. The van der Waals surface area contributed by atoms with Gasteiger partial charge in [-0.25, -0.2) is 0 Å². The molecule has 2 unspecified atom stereocenters. The van der Waals surface area contributed by atoms with E-state index in [1.54, 1.807) is 5.57 Å². The summed E-state index contributed by atoms with van der Waals surface area (Å²) >= 11 is 1.95. The number of thioether (sulfide) groups is 1. The predicted octanol–water partition coefficient (Wildman–Crippen LogP) is 7.81. The summed E-state index contributed by atoms with van der Waals surface area (Å²) in [4.78, 5) is 1.26. The van der Waals surface area contributed by atoms with E-state index in [9.17, 15) is 10.2 Å². The summed E-state index contributed by atoms with van der Waals surface area (Å²) in [6, 6.07) is 8.42. The van der Waals surface area contributed by atoms with Crippen LogP contribution >= 0.6 is 11.8 Å². The number of aliphatic hydroxyl groups is 2. The van der Waals surface area contributed by atoms with Gasteiger partial charge in [-0.15, -0.1) is 11.8 Å². The fraction of sp³-hybridized carbons (Fsp3) is 0.613. The molecular weight excluding hydrogens is 436 g/mol. The normalized spacial score (nSPS) is 33.4. The van der Waals surface area contributed by atoms with E-state index in [0.29, 0.717) is 17.3 Å². The average molecular weight is 481 g/mol. The van der Waals surface area contributed by atoms with Gasteiger partial charge in [0, 0.05) is 10.6 Å². The Morgan fingerprint density at radius 3 is 2.74 bits per heavy atom. The Bertz CT molecular complexity index is 952. The van der Waals surface area contributed by atoms with Crippen molar-refractivity contribution in [2.24, 2.45) is 23.2 Å². The Morgan fingerprint density at radius 1 is 1.18 bits per heavy atom. The lowest BCUT2D eigenvalue weighted by Crippen LogP contribution is -2.36. The Balaban J connectivity index is 1.44. The number of fused-ring (bicyclic) bond motifs is 1. The van der Waals surface area contributed by atoms with Crippen LogP contribution in [0.3, 0.4) is 0 Å². The third-order valence-corrected chi connectivity index (χ3v) is 10.3.